The van der Waals surface area contributed by atoms with Gasteiger partial charge in [-0.1, -0.05) is 61.9 Å². The van der Waals surface area contributed by atoms with Gasteiger partial charge >= 0.3 is 0 Å². The first-order chi connectivity index (χ1) is 13.7. The Morgan fingerprint density at radius 3 is 2.32 bits per heavy atom. The summed E-state index contributed by atoms with van der Waals surface area (Å²) in [6.07, 6.45) is 2.36. The quantitative estimate of drug-likeness (QED) is 0.451. The molecule has 1 aliphatic heterocycles. The van der Waals surface area contributed by atoms with E-state index in [2.05, 4.69) is 6.92 Å². The molecule has 1 atom stereocenters. The van der Waals surface area contributed by atoms with Crippen molar-refractivity contribution in [3.8, 4) is 0 Å². The monoisotopic (exact) mass is 389 g/mol. The van der Waals surface area contributed by atoms with Crippen molar-refractivity contribution in [1.82, 2.24) is 0 Å². The van der Waals surface area contributed by atoms with Crippen molar-refractivity contribution in [2.24, 2.45) is 0 Å². The van der Waals surface area contributed by atoms with Crippen LogP contribution in [0.5, 0.6) is 0 Å². The van der Waals surface area contributed by atoms with Crippen LogP contribution < -0.4 is 4.90 Å². The lowest BCUT2D eigenvalue weighted by Gasteiger charge is -2.35. The van der Waals surface area contributed by atoms with Gasteiger partial charge in [0.1, 0.15) is 0 Å². The maximum Gasteiger partial charge on any atom is 0.261 e. The summed E-state index contributed by atoms with van der Waals surface area (Å²) in [7, 11) is 0. The van der Waals surface area contributed by atoms with Crippen LogP contribution in [-0.4, -0.2) is 16.8 Å². The van der Waals surface area contributed by atoms with Crippen LogP contribution in [0.4, 0.5) is 5.69 Å². The average Bonchev–Trinajstić information content (AvgIpc) is 2.98. The maximum atomic E-state index is 13.2. The van der Waals surface area contributed by atoms with E-state index in [1.807, 2.05) is 84.6 Å². The number of hydrogen-bond acceptors (Lipinski definition) is 3. The van der Waals surface area contributed by atoms with E-state index < -0.39 is 5.72 Å². The molecule has 1 heterocycles. The minimum Gasteiger partial charge on any atom is -0.363 e. The maximum absolute atomic E-state index is 13.2. The Balaban J connectivity index is 1.76. The van der Waals surface area contributed by atoms with Gasteiger partial charge in [-0.15, -0.1) is 11.8 Å². The van der Waals surface area contributed by atoms with E-state index in [4.69, 9.17) is 0 Å². The number of amides is 1. The molecule has 0 unspecified atom stereocenters. The molecular formula is C24H23NO2S. The summed E-state index contributed by atoms with van der Waals surface area (Å²) >= 11 is 1.81. The van der Waals surface area contributed by atoms with Crippen LogP contribution >= 0.6 is 11.8 Å². The first-order valence-electron chi connectivity index (χ1n) is 9.61. The molecule has 0 radical (unpaired) electrons. The fourth-order valence-corrected chi connectivity index (χ4v) is 4.64. The SMILES string of the molecule is CCCCSc1ccc(N2C(=O)c3ccccc3[C@]2(O)c2ccccc2)cc1. The van der Waals surface area contributed by atoms with Crippen molar-refractivity contribution in [2.45, 2.75) is 30.4 Å². The molecule has 28 heavy (non-hydrogen) atoms. The molecule has 142 valence electrons. The Morgan fingerprint density at radius 2 is 1.61 bits per heavy atom. The summed E-state index contributed by atoms with van der Waals surface area (Å²) in [6.45, 7) is 2.19. The second-order valence-corrected chi connectivity index (χ2v) is 8.09. The zero-order chi connectivity index (χ0) is 19.6. The third kappa shape index (κ3) is 3.13. The normalized spacial score (nSPS) is 18.4. The van der Waals surface area contributed by atoms with Crippen LogP contribution in [-0.2, 0) is 5.72 Å². The Kier molecular flexibility index (Phi) is 5.25. The number of hydrogen-bond donors (Lipinski definition) is 1. The standard InChI is InChI=1S/C24H23NO2S/c1-2-3-17-28-20-15-13-19(14-16-20)25-23(26)21-11-7-8-12-22(21)24(25,27)18-9-5-4-6-10-18/h4-16,27H,2-3,17H2,1H3/t24-/m1/s1. The number of unbranched alkanes of at least 4 members (excludes halogenated alkanes) is 1. The highest BCUT2D eigenvalue weighted by Crippen LogP contribution is 2.44. The molecule has 3 nitrogen and oxygen atoms in total. The molecule has 0 aromatic heterocycles. The summed E-state index contributed by atoms with van der Waals surface area (Å²) in [4.78, 5) is 15.9. The zero-order valence-electron chi connectivity index (χ0n) is 15.8. The summed E-state index contributed by atoms with van der Waals surface area (Å²) in [5.74, 6) is 0.895. The predicted molar refractivity (Wildman–Crippen MR) is 115 cm³/mol. The average molecular weight is 390 g/mol. The Morgan fingerprint density at radius 1 is 0.929 bits per heavy atom. The Labute approximate surface area is 170 Å². The summed E-state index contributed by atoms with van der Waals surface area (Å²) in [5.41, 5.74) is 0.996. The molecule has 0 fully saturated rings. The molecule has 0 bridgehead atoms. The number of rotatable bonds is 6. The molecule has 4 rings (SSSR count). The third-order valence-electron chi connectivity index (χ3n) is 5.10. The van der Waals surface area contributed by atoms with E-state index in [-0.39, 0.29) is 5.91 Å². The number of carbonyl (C=O) groups excluding carboxylic acids is 1. The molecule has 0 saturated heterocycles. The van der Waals surface area contributed by atoms with Crippen molar-refractivity contribution in [1.29, 1.82) is 0 Å². The lowest BCUT2D eigenvalue weighted by Crippen LogP contribution is -2.45. The second kappa shape index (κ2) is 7.82. The first kappa shape index (κ1) is 18.8. The molecular weight excluding hydrogens is 366 g/mol. The van der Waals surface area contributed by atoms with Crippen LogP contribution in [0.2, 0.25) is 0 Å². The summed E-state index contributed by atoms with van der Waals surface area (Å²) in [5, 5.41) is 11.8. The van der Waals surface area contributed by atoms with Gasteiger partial charge in [-0.2, -0.15) is 0 Å². The van der Waals surface area contributed by atoms with Crippen LogP contribution in [0.25, 0.3) is 0 Å². The van der Waals surface area contributed by atoms with Crippen molar-refractivity contribution in [3.63, 3.8) is 0 Å². The number of benzene rings is 3. The largest absolute Gasteiger partial charge is 0.363 e. The molecule has 0 saturated carbocycles. The highest BCUT2D eigenvalue weighted by molar-refractivity contribution is 7.99. The highest BCUT2D eigenvalue weighted by atomic mass is 32.2. The minimum atomic E-state index is -1.52. The van der Waals surface area contributed by atoms with Crippen molar-refractivity contribution in [2.75, 3.05) is 10.7 Å². The van der Waals surface area contributed by atoms with Crippen molar-refractivity contribution in [3.05, 3.63) is 95.6 Å². The van der Waals surface area contributed by atoms with Crippen LogP contribution in [0.15, 0.2) is 83.8 Å². The Bertz CT molecular complexity index is 971. The van der Waals surface area contributed by atoms with E-state index in [1.54, 1.807) is 6.07 Å². The number of carbonyl (C=O) groups is 1. The minimum absolute atomic E-state index is 0.187. The Hall–Kier alpha value is -2.56. The lowest BCUT2D eigenvalue weighted by atomic mass is 9.93. The molecule has 1 aliphatic rings. The first-order valence-corrected chi connectivity index (χ1v) is 10.6. The van der Waals surface area contributed by atoms with Gasteiger partial charge in [0.05, 0.1) is 0 Å². The fourth-order valence-electron chi connectivity index (χ4n) is 3.65. The van der Waals surface area contributed by atoms with E-state index in [1.165, 1.54) is 22.6 Å². The predicted octanol–water partition coefficient (Wildman–Crippen LogP) is 5.43. The lowest BCUT2D eigenvalue weighted by molar-refractivity contribution is 0.0703. The summed E-state index contributed by atoms with van der Waals surface area (Å²) < 4.78 is 0. The molecule has 1 amide bonds. The second-order valence-electron chi connectivity index (χ2n) is 6.92. The van der Waals surface area contributed by atoms with Crippen LogP contribution in [0.1, 0.15) is 41.3 Å². The van der Waals surface area contributed by atoms with E-state index in [9.17, 15) is 9.90 Å². The molecule has 3 aromatic rings. The van der Waals surface area contributed by atoms with Gasteiger partial charge in [-0.25, -0.2) is 0 Å². The van der Waals surface area contributed by atoms with Gasteiger partial charge in [-0.05, 0) is 42.5 Å². The van der Waals surface area contributed by atoms with Gasteiger partial charge in [-0.3, -0.25) is 9.69 Å². The van der Waals surface area contributed by atoms with Crippen molar-refractivity contribution >= 4 is 23.4 Å². The van der Waals surface area contributed by atoms with Crippen LogP contribution in [0.3, 0.4) is 0 Å². The molecule has 1 N–H and O–H groups in total. The van der Waals surface area contributed by atoms with Gasteiger partial charge in [0.2, 0.25) is 0 Å². The number of aliphatic hydroxyl groups is 1. The van der Waals surface area contributed by atoms with Gasteiger partial charge in [0.25, 0.3) is 5.91 Å². The number of fused-ring (bicyclic) bond motifs is 1. The van der Waals surface area contributed by atoms with Crippen LogP contribution in [0, 0.1) is 0 Å². The van der Waals surface area contributed by atoms with Gasteiger partial charge < -0.3 is 5.11 Å². The highest BCUT2D eigenvalue weighted by Gasteiger charge is 2.50. The van der Waals surface area contributed by atoms with Gasteiger partial charge in [0.15, 0.2) is 5.72 Å². The topological polar surface area (TPSA) is 40.5 Å². The van der Waals surface area contributed by atoms with E-state index >= 15 is 0 Å². The van der Waals surface area contributed by atoms with E-state index in [0.717, 1.165) is 5.75 Å². The van der Waals surface area contributed by atoms with Crippen molar-refractivity contribution < 1.29 is 9.90 Å². The fraction of sp³-hybridized carbons (Fsp3) is 0.208. The third-order valence-corrected chi connectivity index (χ3v) is 6.20. The number of nitrogens with zero attached hydrogens (tertiary/aromatic N) is 1. The zero-order valence-corrected chi connectivity index (χ0v) is 16.7. The van der Waals surface area contributed by atoms with E-state index in [0.29, 0.717) is 22.4 Å². The molecule has 3 aromatic carbocycles. The smallest absolute Gasteiger partial charge is 0.261 e. The van der Waals surface area contributed by atoms with Gasteiger partial charge in [0, 0.05) is 27.3 Å². The molecule has 0 spiro atoms. The summed E-state index contributed by atoms with van der Waals surface area (Å²) in [6, 6.07) is 24.6. The molecule has 0 aliphatic carbocycles. The number of anilines is 1. The number of thioether (sulfide) groups is 1. The molecule has 4 heteroatoms.